The van der Waals surface area contributed by atoms with Gasteiger partial charge in [-0.05, 0) is 74.0 Å². The van der Waals surface area contributed by atoms with E-state index in [-0.39, 0.29) is 29.4 Å². The monoisotopic (exact) mass is 488 g/mol. The van der Waals surface area contributed by atoms with Gasteiger partial charge in [0.1, 0.15) is 11.4 Å². The number of barbiturate groups is 1. The third-order valence-corrected chi connectivity index (χ3v) is 5.26. The molecular formula is C27H21FN2O6. The van der Waals surface area contributed by atoms with Crippen LogP contribution in [0.25, 0.3) is 6.08 Å². The number of ether oxygens (including phenoxy) is 2. The van der Waals surface area contributed by atoms with Gasteiger partial charge in [-0.15, -0.1) is 0 Å². The van der Waals surface area contributed by atoms with Crippen LogP contribution in [0.5, 0.6) is 11.5 Å². The zero-order chi connectivity index (χ0) is 25.8. The molecule has 0 aliphatic carbocycles. The maximum absolute atomic E-state index is 13.3. The zero-order valence-electron chi connectivity index (χ0n) is 19.4. The number of nitrogens with zero attached hydrogens (tertiary/aromatic N) is 1. The molecule has 8 nitrogen and oxygen atoms in total. The fourth-order valence-corrected chi connectivity index (χ4v) is 3.46. The molecule has 3 aromatic carbocycles. The van der Waals surface area contributed by atoms with Gasteiger partial charge in [-0.2, -0.15) is 0 Å². The van der Waals surface area contributed by atoms with Crippen LogP contribution in [0.3, 0.4) is 0 Å². The van der Waals surface area contributed by atoms with E-state index in [1.807, 2.05) is 6.92 Å². The lowest BCUT2D eigenvalue weighted by Gasteiger charge is -2.26. The van der Waals surface area contributed by atoms with E-state index in [1.54, 1.807) is 31.2 Å². The van der Waals surface area contributed by atoms with E-state index < -0.39 is 29.6 Å². The Kier molecular flexibility index (Phi) is 6.91. The first kappa shape index (κ1) is 24.3. The minimum Gasteiger partial charge on any atom is -0.490 e. The molecule has 1 saturated heterocycles. The quantitative estimate of drug-likeness (QED) is 0.239. The van der Waals surface area contributed by atoms with Gasteiger partial charge in [-0.3, -0.25) is 14.9 Å². The van der Waals surface area contributed by atoms with Gasteiger partial charge >= 0.3 is 12.0 Å². The highest BCUT2D eigenvalue weighted by Crippen LogP contribution is 2.31. The molecule has 1 aliphatic rings. The number of hydrogen-bond acceptors (Lipinski definition) is 6. The molecule has 1 aliphatic heterocycles. The predicted molar refractivity (Wildman–Crippen MR) is 129 cm³/mol. The standard InChI is InChI=1S/C27H21FN2O6/c1-3-35-23-15-17(6-13-22(23)36-26(33)18-7-4-16(2)5-8-18)14-21-24(31)29-27(34)30(25(21)32)20-11-9-19(28)10-12-20/h4-15H,3H2,1-2H3,(H,29,31,34). The summed E-state index contributed by atoms with van der Waals surface area (Å²) in [7, 11) is 0. The van der Waals surface area contributed by atoms with Gasteiger partial charge in [0.15, 0.2) is 11.5 Å². The van der Waals surface area contributed by atoms with Crippen molar-refractivity contribution >= 4 is 35.6 Å². The molecule has 0 radical (unpaired) electrons. The largest absolute Gasteiger partial charge is 0.490 e. The number of aryl methyl sites for hydroxylation is 1. The number of carbonyl (C=O) groups excluding carboxylic acids is 4. The lowest BCUT2D eigenvalue weighted by molar-refractivity contribution is -0.122. The van der Waals surface area contributed by atoms with Crippen LogP contribution in [0.15, 0.2) is 72.3 Å². The van der Waals surface area contributed by atoms with E-state index in [2.05, 4.69) is 5.32 Å². The van der Waals surface area contributed by atoms with Crippen molar-refractivity contribution in [3.8, 4) is 11.5 Å². The van der Waals surface area contributed by atoms with Gasteiger partial charge in [-0.1, -0.05) is 23.8 Å². The average Bonchev–Trinajstić information content (AvgIpc) is 2.85. The number of halogens is 1. The second kappa shape index (κ2) is 10.2. The third-order valence-electron chi connectivity index (χ3n) is 5.26. The van der Waals surface area contributed by atoms with Crippen LogP contribution in [0.4, 0.5) is 14.9 Å². The molecule has 182 valence electrons. The SMILES string of the molecule is CCOc1cc(C=C2C(=O)NC(=O)N(c3ccc(F)cc3)C2=O)ccc1OC(=O)c1ccc(C)cc1. The summed E-state index contributed by atoms with van der Waals surface area (Å²) in [6.07, 6.45) is 1.29. The third kappa shape index (κ3) is 5.15. The van der Waals surface area contributed by atoms with Gasteiger partial charge in [0.25, 0.3) is 11.8 Å². The molecule has 0 unspecified atom stereocenters. The first-order valence-electron chi connectivity index (χ1n) is 11.0. The van der Waals surface area contributed by atoms with E-state index in [0.717, 1.165) is 22.6 Å². The summed E-state index contributed by atoms with van der Waals surface area (Å²) >= 11 is 0. The first-order valence-corrected chi connectivity index (χ1v) is 11.0. The lowest BCUT2D eigenvalue weighted by Crippen LogP contribution is -2.54. The summed E-state index contributed by atoms with van der Waals surface area (Å²) in [6.45, 7) is 3.92. The van der Waals surface area contributed by atoms with E-state index in [9.17, 15) is 23.6 Å². The Bertz CT molecular complexity index is 1380. The van der Waals surface area contributed by atoms with Crippen LogP contribution < -0.4 is 19.7 Å². The van der Waals surface area contributed by atoms with Gasteiger partial charge < -0.3 is 9.47 Å². The Morgan fingerprint density at radius 2 is 1.67 bits per heavy atom. The summed E-state index contributed by atoms with van der Waals surface area (Å²) in [4.78, 5) is 51.1. The van der Waals surface area contributed by atoms with Crippen LogP contribution in [0, 0.1) is 12.7 Å². The Balaban J connectivity index is 1.63. The van der Waals surface area contributed by atoms with Crippen LogP contribution >= 0.6 is 0 Å². The Morgan fingerprint density at radius 3 is 2.33 bits per heavy atom. The number of rotatable bonds is 6. The number of imide groups is 2. The highest BCUT2D eigenvalue weighted by molar-refractivity contribution is 6.39. The summed E-state index contributed by atoms with van der Waals surface area (Å²) < 4.78 is 24.4. The van der Waals surface area contributed by atoms with Crippen LogP contribution in [-0.2, 0) is 9.59 Å². The first-order chi connectivity index (χ1) is 17.3. The molecule has 0 bridgehead atoms. The van der Waals surface area contributed by atoms with Crippen molar-refractivity contribution < 1.29 is 33.0 Å². The van der Waals surface area contributed by atoms with E-state index in [0.29, 0.717) is 11.1 Å². The highest BCUT2D eigenvalue weighted by Gasteiger charge is 2.36. The molecule has 0 saturated carbocycles. The Morgan fingerprint density at radius 1 is 0.972 bits per heavy atom. The number of carbonyl (C=O) groups is 4. The smallest absolute Gasteiger partial charge is 0.343 e. The van der Waals surface area contributed by atoms with Gasteiger partial charge in [0.05, 0.1) is 17.9 Å². The van der Waals surface area contributed by atoms with Gasteiger partial charge in [0, 0.05) is 0 Å². The summed E-state index contributed by atoms with van der Waals surface area (Å²) in [6, 6.07) is 15.2. The highest BCUT2D eigenvalue weighted by atomic mass is 19.1. The normalized spacial score (nSPS) is 14.6. The molecule has 0 spiro atoms. The Labute approximate surface area is 205 Å². The molecule has 0 aromatic heterocycles. The van der Waals surface area contributed by atoms with E-state index in [4.69, 9.17) is 9.47 Å². The number of amides is 4. The van der Waals surface area contributed by atoms with Crippen molar-refractivity contribution in [2.24, 2.45) is 0 Å². The number of urea groups is 1. The number of hydrogen-bond donors (Lipinski definition) is 1. The van der Waals surface area contributed by atoms with Crippen LogP contribution in [0.2, 0.25) is 0 Å². The molecule has 1 heterocycles. The maximum Gasteiger partial charge on any atom is 0.343 e. The molecule has 1 N–H and O–H groups in total. The molecule has 4 rings (SSSR count). The lowest BCUT2D eigenvalue weighted by atomic mass is 10.1. The van der Waals surface area contributed by atoms with Crippen molar-refractivity contribution in [3.05, 3.63) is 94.8 Å². The minimum atomic E-state index is -0.942. The second-order valence-electron chi connectivity index (χ2n) is 7.83. The summed E-state index contributed by atoms with van der Waals surface area (Å²) in [5.74, 6) is -2.48. The zero-order valence-corrected chi connectivity index (χ0v) is 19.4. The fraction of sp³-hybridized carbons (Fsp3) is 0.111. The molecular weight excluding hydrogens is 467 g/mol. The van der Waals surface area contributed by atoms with E-state index >= 15 is 0 Å². The van der Waals surface area contributed by atoms with Crippen LogP contribution in [0.1, 0.15) is 28.4 Å². The maximum atomic E-state index is 13.3. The average molecular weight is 488 g/mol. The van der Waals surface area contributed by atoms with Crippen molar-refractivity contribution in [1.29, 1.82) is 0 Å². The van der Waals surface area contributed by atoms with Crippen LogP contribution in [-0.4, -0.2) is 30.4 Å². The van der Waals surface area contributed by atoms with Crippen molar-refractivity contribution in [2.75, 3.05) is 11.5 Å². The van der Waals surface area contributed by atoms with Gasteiger partial charge in [0.2, 0.25) is 0 Å². The Hall–Kier alpha value is -4.79. The molecule has 1 fully saturated rings. The van der Waals surface area contributed by atoms with Crippen molar-refractivity contribution in [3.63, 3.8) is 0 Å². The molecule has 0 atom stereocenters. The second-order valence-corrected chi connectivity index (χ2v) is 7.83. The van der Waals surface area contributed by atoms with E-state index in [1.165, 1.54) is 36.4 Å². The molecule has 4 amide bonds. The molecule has 36 heavy (non-hydrogen) atoms. The molecule has 9 heteroatoms. The summed E-state index contributed by atoms with van der Waals surface area (Å²) in [5.41, 5.74) is 1.54. The summed E-state index contributed by atoms with van der Waals surface area (Å²) in [5, 5.41) is 2.11. The molecule has 3 aromatic rings. The van der Waals surface area contributed by atoms with Gasteiger partial charge in [-0.25, -0.2) is 18.9 Å². The predicted octanol–water partition coefficient (Wildman–Crippen LogP) is 4.42. The number of nitrogens with one attached hydrogen (secondary N) is 1. The number of anilines is 1. The number of benzene rings is 3. The fourth-order valence-electron chi connectivity index (χ4n) is 3.46. The topological polar surface area (TPSA) is 102 Å². The number of esters is 1. The minimum absolute atomic E-state index is 0.102. The van der Waals surface area contributed by atoms with Crippen molar-refractivity contribution in [1.82, 2.24) is 5.32 Å². The van der Waals surface area contributed by atoms with Crippen molar-refractivity contribution in [2.45, 2.75) is 13.8 Å².